The predicted octanol–water partition coefficient (Wildman–Crippen LogP) is 1.40. The number of hydrogen-bond acceptors (Lipinski definition) is 6. The number of imide groups is 1. The van der Waals surface area contributed by atoms with Gasteiger partial charge in [0, 0.05) is 14.1 Å². The van der Waals surface area contributed by atoms with E-state index in [-0.39, 0.29) is 12.1 Å². The number of ether oxygens (including phenoxy) is 1. The maximum Gasteiger partial charge on any atom is 0.417 e. The number of hydrogen-bond donors (Lipinski definition) is 1. The number of benzene rings is 1. The van der Waals surface area contributed by atoms with Gasteiger partial charge < -0.3 is 4.74 Å². The fraction of sp³-hybridized carbons (Fsp3) is 0.550. The summed E-state index contributed by atoms with van der Waals surface area (Å²) in [5.41, 5.74) is -4.77. The number of carbonyl (C=O) groups is 2. The summed E-state index contributed by atoms with van der Waals surface area (Å²) in [6, 6.07) is 3.26. The fourth-order valence-electron chi connectivity index (χ4n) is 5.26. The van der Waals surface area contributed by atoms with Crippen LogP contribution in [0.3, 0.4) is 0 Å². The Morgan fingerprint density at radius 1 is 1.21 bits per heavy atom. The van der Waals surface area contributed by atoms with E-state index in [2.05, 4.69) is 4.72 Å². The van der Waals surface area contributed by atoms with Gasteiger partial charge in [-0.05, 0) is 38.5 Å². The van der Waals surface area contributed by atoms with Gasteiger partial charge in [-0.15, -0.1) is 0 Å². The predicted molar refractivity (Wildman–Crippen MR) is 108 cm³/mol. The Labute approximate surface area is 188 Å². The lowest BCUT2D eigenvalue weighted by Crippen LogP contribution is -2.57. The lowest BCUT2D eigenvalue weighted by Gasteiger charge is -2.36. The lowest BCUT2D eigenvalue weighted by molar-refractivity contribution is -0.138. The zero-order valence-electron chi connectivity index (χ0n) is 18.1. The maximum absolute atomic E-state index is 13.4. The Hall–Kier alpha value is -2.53. The smallest absolute Gasteiger partial charge is 0.366 e. The molecule has 2 bridgehead atoms. The Balaban J connectivity index is 1.75. The van der Waals surface area contributed by atoms with E-state index < -0.39 is 68.4 Å². The maximum atomic E-state index is 13.4. The number of halogens is 3. The number of nitrogens with zero attached hydrogens (tertiary/aromatic N) is 3. The molecule has 0 spiro atoms. The number of carbonyl (C=O) groups excluding carboxylic acids is 2. The first kappa shape index (κ1) is 23.6. The monoisotopic (exact) mass is 486 g/mol. The largest absolute Gasteiger partial charge is 0.417 e. The third kappa shape index (κ3) is 3.27. The Kier molecular flexibility index (Phi) is 5.00. The second-order valence-corrected chi connectivity index (χ2v) is 11.0. The summed E-state index contributed by atoms with van der Waals surface area (Å²) >= 11 is 0. The molecule has 1 aromatic rings. The van der Waals surface area contributed by atoms with Crippen LogP contribution in [0.1, 0.15) is 31.4 Å². The molecule has 9 nitrogen and oxygen atoms in total. The molecule has 1 N–H and O–H groups in total. The van der Waals surface area contributed by atoms with Crippen molar-refractivity contribution >= 4 is 27.7 Å². The van der Waals surface area contributed by atoms with Crippen LogP contribution < -0.4 is 9.62 Å². The summed E-state index contributed by atoms with van der Waals surface area (Å²) in [6.45, 7) is 3.12. The minimum Gasteiger partial charge on any atom is -0.366 e. The molecule has 3 aliphatic rings. The Morgan fingerprint density at radius 3 is 2.36 bits per heavy atom. The first-order chi connectivity index (χ1) is 15.1. The summed E-state index contributed by atoms with van der Waals surface area (Å²) in [5, 5.41) is 9.01. The Morgan fingerprint density at radius 2 is 1.82 bits per heavy atom. The van der Waals surface area contributed by atoms with E-state index in [0.29, 0.717) is 11.0 Å². The molecule has 0 radical (unpaired) electrons. The third-order valence-corrected chi connectivity index (χ3v) is 8.34. The van der Waals surface area contributed by atoms with Crippen molar-refractivity contribution in [3.63, 3.8) is 0 Å². The molecule has 3 aliphatic heterocycles. The quantitative estimate of drug-likeness (QED) is 0.643. The van der Waals surface area contributed by atoms with E-state index in [1.807, 2.05) is 0 Å². The second kappa shape index (κ2) is 6.99. The van der Waals surface area contributed by atoms with Crippen molar-refractivity contribution in [1.82, 2.24) is 9.03 Å². The third-order valence-electron chi connectivity index (χ3n) is 6.80. The van der Waals surface area contributed by atoms with E-state index in [4.69, 9.17) is 10.00 Å². The van der Waals surface area contributed by atoms with Crippen molar-refractivity contribution in [2.45, 2.75) is 43.7 Å². The van der Waals surface area contributed by atoms with Crippen molar-refractivity contribution in [3.05, 3.63) is 29.3 Å². The van der Waals surface area contributed by atoms with Gasteiger partial charge in [0.1, 0.15) is 0 Å². The van der Waals surface area contributed by atoms with Crippen LogP contribution in [0.5, 0.6) is 0 Å². The van der Waals surface area contributed by atoms with Crippen LogP contribution in [-0.2, 0) is 30.7 Å². The summed E-state index contributed by atoms with van der Waals surface area (Å²) in [4.78, 5) is 27.4. The van der Waals surface area contributed by atoms with Crippen LogP contribution in [0.2, 0.25) is 0 Å². The highest BCUT2D eigenvalue weighted by atomic mass is 32.2. The molecule has 0 aromatic heterocycles. The normalized spacial score (nSPS) is 33.7. The van der Waals surface area contributed by atoms with E-state index in [1.165, 1.54) is 27.1 Å². The standard InChI is InChI=1S/C20H21F3N4O5S/c1-18-8-13(25-33(30,31)26(3)4)19(2,32-18)15-14(18)16(28)27(17(15)29)11-6-5-10(9-24)12(7-11)20(21,22)23/h5-7,13-15,25H,8H2,1-4H3. The first-order valence-corrected chi connectivity index (χ1v) is 11.4. The molecule has 5 atom stereocenters. The van der Waals surface area contributed by atoms with Gasteiger partial charge in [0.15, 0.2) is 0 Å². The molecule has 4 rings (SSSR count). The molecule has 3 saturated heterocycles. The molecular formula is C20H21F3N4O5S. The van der Waals surface area contributed by atoms with Gasteiger partial charge in [0.2, 0.25) is 11.8 Å². The molecule has 0 saturated carbocycles. The van der Waals surface area contributed by atoms with Crippen LogP contribution in [0.15, 0.2) is 18.2 Å². The van der Waals surface area contributed by atoms with Crippen molar-refractivity contribution in [1.29, 1.82) is 5.26 Å². The van der Waals surface area contributed by atoms with Gasteiger partial charge in [0.25, 0.3) is 10.2 Å². The van der Waals surface area contributed by atoms with Gasteiger partial charge >= 0.3 is 6.18 Å². The highest BCUT2D eigenvalue weighted by Gasteiger charge is 2.76. The number of amides is 2. The summed E-state index contributed by atoms with van der Waals surface area (Å²) in [6.07, 6.45) is -4.76. The highest BCUT2D eigenvalue weighted by molar-refractivity contribution is 7.87. The minimum atomic E-state index is -4.86. The topological polar surface area (TPSA) is 120 Å². The molecule has 0 aliphatic carbocycles. The number of anilines is 1. The Bertz CT molecular complexity index is 1210. The average Bonchev–Trinajstić information content (AvgIpc) is 3.21. The van der Waals surface area contributed by atoms with Crippen LogP contribution >= 0.6 is 0 Å². The average molecular weight is 486 g/mol. The van der Waals surface area contributed by atoms with Gasteiger partial charge in [-0.1, -0.05) is 0 Å². The molecule has 178 valence electrons. The van der Waals surface area contributed by atoms with Gasteiger partial charge in [-0.3, -0.25) is 9.59 Å². The van der Waals surface area contributed by atoms with Crippen molar-refractivity contribution < 1.29 is 35.9 Å². The molecule has 5 unspecified atom stereocenters. The van der Waals surface area contributed by atoms with E-state index >= 15 is 0 Å². The fourth-order valence-corrected chi connectivity index (χ4v) is 6.14. The molecule has 3 fully saturated rings. The van der Waals surface area contributed by atoms with E-state index in [0.717, 1.165) is 16.4 Å². The zero-order chi connectivity index (χ0) is 24.7. The van der Waals surface area contributed by atoms with Crippen molar-refractivity contribution in [3.8, 4) is 6.07 Å². The van der Waals surface area contributed by atoms with E-state index in [1.54, 1.807) is 6.92 Å². The zero-order valence-corrected chi connectivity index (χ0v) is 18.9. The lowest BCUT2D eigenvalue weighted by atomic mass is 9.67. The second-order valence-electron chi connectivity index (χ2n) is 9.07. The van der Waals surface area contributed by atoms with Gasteiger partial charge in [-0.2, -0.15) is 35.9 Å². The number of fused-ring (bicyclic) bond motifs is 5. The number of nitriles is 1. The number of rotatable bonds is 4. The van der Waals surface area contributed by atoms with E-state index in [9.17, 15) is 31.2 Å². The minimum absolute atomic E-state index is 0.103. The van der Waals surface area contributed by atoms with Crippen LogP contribution in [0.25, 0.3) is 0 Å². The number of alkyl halides is 3. The molecule has 13 heteroatoms. The SMILES string of the molecule is CN(C)S(=O)(=O)NC1CC2(C)OC1(C)C1C(=O)N(c3ccc(C#N)c(C(F)(F)F)c3)C(=O)C12. The van der Waals surface area contributed by atoms with Gasteiger partial charge in [-0.25, -0.2) is 4.90 Å². The molecule has 1 aromatic carbocycles. The van der Waals surface area contributed by atoms with Crippen molar-refractivity contribution in [2.75, 3.05) is 19.0 Å². The number of nitrogens with one attached hydrogen (secondary N) is 1. The van der Waals surface area contributed by atoms with Crippen molar-refractivity contribution in [2.24, 2.45) is 11.8 Å². The van der Waals surface area contributed by atoms with Crippen LogP contribution in [0, 0.1) is 23.2 Å². The van der Waals surface area contributed by atoms with Gasteiger partial charge in [0.05, 0.1) is 52.0 Å². The van der Waals surface area contributed by atoms with Crippen LogP contribution in [0.4, 0.5) is 18.9 Å². The molecule has 2 amide bonds. The summed E-state index contributed by atoms with van der Waals surface area (Å²) < 4.78 is 74.6. The molecular weight excluding hydrogens is 465 g/mol. The van der Waals surface area contributed by atoms with Crippen LogP contribution in [-0.4, -0.2) is 55.9 Å². The first-order valence-electron chi connectivity index (χ1n) is 9.96. The highest BCUT2D eigenvalue weighted by Crippen LogP contribution is 2.61. The molecule has 3 heterocycles. The summed E-state index contributed by atoms with van der Waals surface area (Å²) in [5.74, 6) is -3.57. The summed E-state index contributed by atoms with van der Waals surface area (Å²) in [7, 11) is -1.22. The molecule has 33 heavy (non-hydrogen) atoms.